The number of pyridine rings is 1. The Labute approximate surface area is 151 Å². The van der Waals surface area contributed by atoms with Crippen molar-refractivity contribution >= 4 is 5.91 Å². The Morgan fingerprint density at radius 3 is 2.81 bits per heavy atom. The molecule has 2 aliphatic heterocycles. The van der Waals surface area contributed by atoms with Crippen LogP contribution in [0, 0.1) is 12.8 Å². The molecule has 26 heavy (non-hydrogen) atoms. The van der Waals surface area contributed by atoms with E-state index >= 15 is 0 Å². The van der Waals surface area contributed by atoms with E-state index in [2.05, 4.69) is 10.1 Å². The molecule has 0 radical (unpaired) electrons. The van der Waals surface area contributed by atoms with Gasteiger partial charge >= 0.3 is 5.69 Å². The van der Waals surface area contributed by atoms with Crippen molar-refractivity contribution in [3.63, 3.8) is 0 Å². The van der Waals surface area contributed by atoms with E-state index in [0.717, 1.165) is 30.8 Å². The molecular formula is C19H23N5O2. The van der Waals surface area contributed by atoms with E-state index in [9.17, 15) is 9.59 Å². The molecule has 1 saturated heterocycles. The van der Waals surface area contributed by atoms with E-state index in [-0.39, 0.29) is 23.7 Å². The fourth-order valence-corrected chi connectivity index (χ4v) is 4.41. The number of fused-ring (bicyclic) bond motifs is 3. The minimum atomic E-state index is -0.00981. The molecule has 2 fully saturated rings. The van der Waals surface area contributed by atoms with E-state index in [4.69, 9.17) is 0 Å². The van der Waals surface area contributed by atoms with Gasteiger partial charge in [0.05, 0.1) is 11.6 Å². The molecule has 0 unspecified atom stereocenters. The minimum absolute atomic E-state index is 0.00981. The largest absolute Gasteiger partial charge is 0.345 e. The van der Waals surface area contributed by atoms with Gasteiger partial charge < -0.3 is 4.90 Å². The summed E-state index contributed by atoms with van der Waals surface area (Å²) < 4.78 is 3.46. The molecule has 0 aromatic carbocycles. The molecule has 1 saturated carbocycles. The van der Waals surface area contributed by atoms with Crippen LogP contribution in [-0.2, 0) is 19.5 Å². The summed E-state index contributed by atoms with van der Waals surface area (Å²) in [5.41, 5.74) is 1.60. The predicted molar refractivity (Wildman–Crippen MR) is 94.9 cm³/mol. The number of amides is 1. The van der Waals surface area contributed by atoms with Gasteiger partial charge in [0.1, 0.15) is 5.82 Å². The van der Waals surface area contributed by atoms with Crippen molar-refractivity contribution in [2.75, 3.05) is 0 Å². The zero-order valence-electron chi connectivity index (χ0n) is 15.0. The maximum atomic E-state index is 13.2. The average Bonchev–Trinajstić information content (AvgIpc) is 3.32. The van der Waals surface area contributed by atoms with Gasteiger partial charge in [-0.2, -0.15) is 5.10 Å². The lowest BCUT2D eigenvalue weighted by molar-refractivity contribution is 0.0663. The zero-order valence-corrected chi connectivity index (χ0v) is 15.0. The number of aryl methyl sites for hydroxylation is 1. The van der Waals surface area contributed by atoms with E-state index in [0.29, 0.717) is 24.4 Å². The van der Waals surface area contributed by atoms with E-state index in [1.807, 2.05) is 22.5 Å². The molecule has 4 heterocycles. The maximum absolute atomic E-state index is 13.2. The highest BCUT2D eigenvalue weighted by Crippen LogP contribution is 2.33. The molecular weight excluding hydrogens is 330 g/mol. The number of hydrogen-bond acceptors (Lipinski definition) is 4. The van der Waals surface area contributed by atoms with Crippen LogP contribution in [0.2, 0.25) is 0 Å². The summed E-state index contributed by atoms with van der Waals surface area (Å²) in [6.45, 7) is 3.24. The summed E-state index contributed by atoms with van der Waals surface area (Å²) in [6, 6.07) is 2.04. The SMILES string of the molecule is Cc1ccncc1C(=O)N1[C@@H]2CC[C@H]1Cc1nn(CC3CC3)c(=O)n1C2. The van der Waals surface area contributed by atoms with Crippen LogP contribution in [0.15, 0.2) is 23.3 Å². The second-order valence-corrected chi connectivity index (χ2v) is 7.93. The zero-order chi connectivity index (χ0) is 17.8. The van der Waals surface area contributed by atoms with Crippen molar-refractivity contribution in [1.82, 2.24) is 24.2 Å². The fraction of sp³-hybridized carbons (Fsp3) is 0.579. The third-order valence-electron chi connectivity index (χ3n) is 6.06. The Morgan fingerprint density at radius 1 is 1.23 bits per heavy atom. The first-order chi connectivity index (χ1) is 12.6. The molecule has 3 aliphatic rings. The van der Waals surface area contributed by atoms with Crippen molar-refractivity contribution in [1.29, 1.82) is 0 Å². The molecule has 2 bridgehead atoms. The van der Waals surface area contributed by atoms with Crippen LogP contribution in [0.25, 0.3) is 0 Å². The standard InChI is InChI=1S/C19H23N5O2/c1-12-6-7-20-9-16(12)18(25)24-14-4-5-15(24)11-22-17(8-14)21-23(19(22)26)10-13-2-3-13/h6-7,9,13-15H,2-5,8,10-11H2,1H3/t14-,15+/m0/s1. The third kappa shape index (κ3) is 2.48. The molecule has 0 N–H and O–H groups in total. The lowest BCUT2D eigenvalue weighted by Crippen LogP contribution is -2.43. The summed E-state index contributed by atoms with van der Waals surface area (Å²) in [6.07, 6.45) is 8.34. The summed E-state index contributed by atoms with van der Waals surface area (Å²) in [7, 11) is 0. The molecule has 5 rings (SSSR count). The van der Waals surface area contributed by atoms with Gasteiger partial charge in [-0.05, 0) is 50.2 Å². The van der Waals surface area contributed by atoms with E-state index < -0.39 is 0 Å². The molecule has 2 aromatic heterocycles. The summed E-state index contributed by atoms with van der Waals surface area (Å²) in [5, 5.41) is 4.61. The average molecular weight is 353 g/mol. The van der Waals surface area contributed by atoms with Crippen molar-refractivity contribution < 1.29 is 4.79 Å². The van der Waals surface area contributed by atoms with Crippen molar-refractivity contribution in [2.45, 2.75) is 64.2 Å². The molecule has 1 amide bonds. The molecule has 2 aromatic rings. The Hall–Kier alpha value is -2.44. The fourth-order valence-electron chi connectivity index (χ4n) is 4.41. The monoisotopic (exact) mass is 353 g/mol. The Bertz CT molecular complexity index is 926. The van der Waals surface area contributed by atoms with Crippen LogP contribution in [0.1, 0.15) is 47.4 Å². The van der Waals surface area contributed by atoms with Gasteiger partial charge in [0.2, 0.25) is 0 Å². The van der Waals surface area contributed by atoms with Gasteiger partial charge in [0.15, 0.2) is 0 Å². The van der Waals surface area contributed by atoms with Crippen LogP contribution in [0.5, 0.6) is 0 Å². The van der Waals surface area contributed by atoms with Crippen molar-refractivity contribution in [2.24, 2.45) is 5.92 Å². The Balaban J connectivity index is 1.46. The summed E-state index contributed by atoms with van der Waals surface area (Å²) >= 11 is 0. The normalized spacial score (nSPS) is 24.4. The second kappa shape index (κ2) is 5.79. The first kappa shape index (κ1) is 15.8. The van der Waals surface area contributed by atoms with Gasteiger partial charge in [-0.15, -0.1) is 0 Å². The van der Waals surface area contributed by atoms with Gasteiger partial charge in [0.25, 0.3) is 5.91 Å². The first-order valence-electron chi connectivity index (χ1n) is 9.51. The van der Waals surface area contributed by atoms with Crippen LogP contribution >= 0.6 is 0 Å². The second-order valence-electron chi connectivity index (χ2n) is 7.93. The van der Waals surface area contributed by atoms with Crippen LogP contribution < -0.4 is 5.69 Å². The molecule has 136 valence electrons. The third-order valence-corrected chi connectivity index (χ3v) is 6.06. The number of carbonyl (C=O) groups excluding carboxylic acids is 1. The number of rotatable bonds is 3. The number of aromatic nitrogens is 4. The molecule has 7 heteroatoms. The van der Waals surface area contributed by atoms with Gasteiger partial charge in [0, 0.05) is 37.9 Å². The minimum Gasteiger partial charge on any atom is -0.330 e. The number of carbonyl (C=O) groups is 1. The summed E-state index contributed by atoms with van der Waals surface area (Å²) in [4.78, 5) is 32.1. The van der Waals surface area contributed by atoms with Crippen LogP contribution in [-0.4, -0.2) is 42.2 Å². The molecule has 0 spiro atoms. The number of hydrogen-bond donors (Lipinski definition) is 0. The topological polar surface area (TPSA) is 73.0 Å². The summed E-state index contributed by atoms with van der Waals surface area (Å²) in [5.74, 6) is 1.49. The van der Waals surface area contributed by atoms with Gasteiger partial charge in [-0.25, -0.2) is 9.48 Å². The molecule has 1 aliphatic carbocycles. The van der Waals surface area contributed by atoms with E-state index in [1.165, 1.54) is 12.8 Å². The predicted octanol–water partition coefficient (Wildman–Crippen LogP) is 1.39. The Kier molecular flexibility index (Phi) is 3.52. The first-order valence-corrected chi connectivity index (χ1v) is 9.51. The quantitative estimate of drug-likeness (QED) is 0.836. The Morgan fingerprint density at radius 2 is 2.04 bits per heavy atom. The van der Waals surface area contributed by atoms with Gasteiger partial charge in [-0.3, -0.25) is 14.3 Å². The van der Waals surface area contributed by atoms with Crippen molar-refractivity contribution in [3.05, 3.63) is 45.9 Å². The highest BCUT2D eigenvalue weighted by atomic mass is 16.2. The van der Waals surface area contributed by atoms with Crippen LogP contribution in [0.4, 0.5) is 0 Å². The van der Waals surface area contributed by atoms with Crippen molar-refractivity contribution in [3.8, 4) is 0 Å². The van der Waals surface area contributed by atoms with E-state index in [1.54, 1.807) is 17.1 Å². The maximum Gasteiger partial charge on any atom is 0.345 e. The highest BCUT2D eigenvalue weighted by Gasteiger charge is 2.42. The number of nitrogens with zero attached hydrogens (tertiary/aromatic N) is 5. The van der Waals surface area contributed by atoms with Gasteiger partial charge in [-0.1, -0.05) is 0 Å². The molecule has 2 atom stereocenters. The highest BCUT2D eigenvalue weighted by molar-refractivity contribution is 5.96. The molecule has 7 nitrogen and oxygen atoms in total. The smallest absolute Gasteiger partial charge is 0.330 e. The lowest BCUT2D eigenvalue weighted by Gasteiger charge is -2.28. The van der Waals surface area contributed by atoms with Crippen LogP contribution in [0.3, 0.4) is 0 Å². The lowest BCUT2D eigenvalue weighted by atomic mass is 10.1.